The summed E-state index contributed by atoms with van der Waals surface area (Å²) >= 11 is 0. The molecule has 0 aromatic carbocycles. The van der Waals surface area contributed by atoms with Crippen LogP contribution in [0.4, 0.5) is 0 Å². The second kappa shape index (κ2) is 2.54. The van der Waals surface area contributed by atoms with E-state index in [-0.39, 0.29) is 5.20 Å². The van der Waals surface area contributed by atoms with E-state index in [9.17, 15) is 4.79 Å². The number of carbonyl (C=O) groups excluding carboxylic acids is 1. The summed E-state index contributed by atoms with van der Waals surface area (Å²) < 4.78 is 0. The number of rotatable bonds is 2. The predicted octanol–water partition coefficient (Wildman–Crippen LogP) is -1.40. The summed E-state index contributed by atoms with van der Waals surface area (Å²) in [6.45, 7) is 3.16. The number of hydrogen-bond acceptors (Lipinski definition) is 2. The van der Waals surface area contributed by atoms with Gasteiger partial charge in [0.2, 0.25) is 5.91 Å². The third-order valence-electron chi connectivity index (χ3n) is 0.432. The van der Waals surface area contributed by atoms with Crippen LogP contribution in [0.3, 0.4) is 0 Å². The lowest BCUT2D eigenvalue weighted by molar-refractivity contribution is -0.114. The average Bonchev–Trinajstić information content (AvgIpc) is 1.65. The van der Waals surface area contributed by atoms with Crippen molar-refractivity contribution in [3.05, 3.63) is 11.8 Å². The van der Waals surface area contributed by atoms with Crippen molar-refractivity contribution in [2.45, 2.75) is 0 Å². The van der Waals surface area contributed by atoms with Crippen molar-refractivity contribution in [3.8, 4) is 0 Å². The topological polar surface area (TPSA) is 63.3 Å². The maximum Gasteiger partial charge on any atom is 0.270 e. The molecule has 0 aromatic heterocycles. The van der Waals surface area contributed by atoms with Crippen LogP contribution in [0.15, 0.2) is 11.8 Å². The molecule has 4 heteroatoms. The molecule has 0 aliphatic carbocycles. The minimum Gasteiger partial charge on any atom is -0.427 e. The first kappa shape index (κ1) is 6.39. The summed E-state index contributed by atoms with van der Waals surface area (Å²) in [6.07, 6.45) is 0. The van der Waals surface area contributed by atoms with Crippen LogP contribution in [-0.2, 0) is 4.79 Å². The largest absolute Gasteiger partial charge is 0.427 e. The lowest BCUT2D eigenvalue weighted by atomic mass is 10.6. The molecule has 3 nitrogen and oxygen atoms in total. The Morgan fingerprint density at radius 3 is 2.29 bits per heavy atom. The highest BCUT2D eigenvalue weighted by Crippen LogP contribution is 1.77. The van der Waals surface area contributed by atoms with E-state index in [0.717, 1.165) is 0 Å². The fraction of sp³-hybridized carbons (Fsp3) is 0. The molecule has 0 spiro atoms. The lowest BCUT2D eigenvalue weighted by Gasteiger charge is -1.86. The Bertz CT molecular complexity index is 101. The van der Waals surface area contributed by atoms with Crippen LogP contribution >= 0.6 is 0 Å². The van der Waals surface area contributed by atoms with Crippen molar-refractivity contribution in [2.24, 2.45) is 5.73 Å². The second-order valence-corrected chi connectivity index (χ2v) is 1.78. The summed E-state index contributed by atoms with van der Waals surface area (Å²) in [7, 11) is -0.557. The molecule has 7 heavy (non-hydrogen) atoms. The van der Waals surface area contributed by atoms with Crippen LogP contribution in [0.5, 0.6) is 0 Å². The van der Waals surface area contributed by atoms with E-state index in [0.29, 0.717) is 0 Å². The molecule has 3 N–H and O–H groups in total. The molecule has 38 valence electrons. The quantitative estimate of drug-likeness (QED) is 0.343. The Hall–Kier alpha value is -0.613. The Kier molecular flexibility index (Phi) is 2.32. The van der Waals surface area contributed by atoms with Gasteiger partial charge in [-0.05, 0) is 0 Å². The van der Waals surface area contributed by atoms with Crippen molar-refractivity contribution in [1.82, 2.24) is 0 Å². The number of carbonyl (C=O) groups is 1. The van der Waals surface area contributed by atoms with E-state index in [1.54, 1.807) is 0 Å². The highest BCUT2D eigenvalue weighted by Gasteiger charge is 1.97. The molecule has 0 aromatic rings. The number of amides is 1. The van der Waals surface area contributed by atoms with Gasteiger partial charge < -0.3 is 10.5 Å². The summed E-state index contributed by atoms with van der Waals surface area (Å²) in [5.41, 5.74) is 4.65. The van der Waals surface area contributed by atoms with Crippen molar-refractivity contribution in [2.75, 3.05) is 0 Å². The van der Waals surface area contributed by atoms with E-state index in [2.05, 4.69) is 12.3 Å². The summed E-state index contributed by atoms with van der Waals surface area (Å²) in [5.74, 6) is -0.638. The zero-order chi connectivity index (χ0) is 5.86. The van der Waals surface area contributed by atoms with Gasteiger partial charge in [0.15, 0.2) is 0 Å². The van der Waals surface area contributed by atoms with E-state index in [1.165, 1.54) is 0 Å². The van der Waals surface area contributed by atoms with Crippen molar-refractivity contribution < 1.29 is 9.59 Å². The van der Waals surface area contributed by atoms with Crippen LogP contribution < -0.4 is 5.73 Å². The van der Waals surface area contributed by atoms with Gasteiger partial charge in [-0.2, -0.15) is 0 Å². The van der Waals surface area contributed by atoms with Crippen LogP contribution in [0.25, 0.3) is 0 Å². The molecule has 0 bridgehead atoms. The van der Waals surface area contributed by atoms with Gasteiger partial charge >= 0.3 is 0 Å². The first-order chi connectivity index (χ1) is 3.18. The van der Waals surface area contributed by atoms with Gasteiger partial charge in [0, 0.05) is 5.20 Å². The molecule has 0 rings (SSSR count). The summed E-state index contributed by atoms with van der Waals surface area (Å²) in [4.78, 5) is 18.0. The van der Waals surface area contributed by atoms with Crippen LogP contribution in [0.2, 0.25) is 0 Å². The van der Waals surface area contributed by atoms with Gasteiger partial charge in [-0.1, -0.05) is 6.58 Å². The minimum atomic E-state index is -0.638. The van der Waals surface area contributed by atoms with E-state index in [4.69, 9.17) is 4.80 Å². The van der Waals surface area contributed by atoms with Gasteiger partial charge in [-0.25, -0.2) is 0 Å². The molecule has 0 heterocycles. The molecule has 0 aliphatic rings. The summed E-state index contributed by atoms with van der Waals surface area (Å²) in [5, 5.41) is 0.0694. The molecule has 0 atom stereocenters. The van der Waals surface area contributed by atoms with E-state index >= 15 is 0 Å². The van der Waals surface area contributed by atoms with Crippen LogP contribution in [0.1, 0.15) is 0 Å². The Labute approximate surface area is 43.8 Å². The zero-order valence-electron chi connectivity index (χ0n) is 3.64. The first-order valence-electron chi connectivity index (χ1n) is 1.57. The minimum absolute atomic E-state index is 0.0694. The van der Waals surface area contributed by atoms with E-state index < -0.39 is 15.7 Å². The van der Waals surface area contributed by atoms with Gasteiger partial charge in [0.1, 0.15) is 0 Å². The third-order valence-corrected chi connectivity index (χ3v) is 0.949. The predicted molar refractivity (Wildman–Crippen MR) is 26.3 cm³/mol. The lowest BCUT2D eigenvalue weighted by Crippen LogP contribution is -2.16. The monoisotopic (exact) mass is 115 g/mol. The van der Waals surface area contributed by atoms with E-state index in [1.807, 2.05) is 0 Å². The van der Waals surface area contributed by atoms with Crippen molar-refractivity contribution >= 4 is 15.7 Å². The van der Waals surface area contributed by atoms with Crippen molar-refractivity contribution in [3.63, 3.8) is 0 Å². The fourth-order valence-corrected chi connectivity index (χ4v) is 0.165. The van der Waals surface area contributed by atoms with Crippen LogP contribution in [-0.4, -0.2) is 20.5 Å². The Balaban J connectivity index is 3.58. The molecule has 0 fully saturated rings. The van der Waals surface area contributed by atoms with Crippen molar-refractivity contribution in [1.29, 1.82) is 0 Å². The normalized spacial score (nSPS) is 8.14. The van der Waals surface area contributed by atoms with Gasteiger partial charge in [0.25, 0.3) is 9.76 Å². The molecule has 0 unspecified atom stereocenters. The molecular weight excluding hydrogens is 110 g/mol. The maximum atomic E-state index is 9.90. The molecular formula is C3H5NO2Si. The average molecular weight is 115 g/mol. The van der Waals surface area contributed by atoms with Crippen LogP contribution in [0, 0.1) is 0 Å². The number of hydrogen-bond donors (Lipinski definition) is 2. The smallest absolute Gasteiger partial charge is 0.270 e. The molecule has 0 aliphatic heterocycles. The van der Waals surface area contributed by atoms with Gasteiger partial charge in [0.05, 0.1) is 0 Å². The Morgan fingerprint density at radius 1 is 1.86 bits per heavy atom. The highest BCUT2D eigenvalue weighted by molar-refractivity contribution is 6.46. The molecule has 0 saturated heterocycles. The third kappa shape index (κ3) is 2.13. The molecule has 2 radical (unpaired) electrons. The summed E-state index contributed by atoms with van der Waals surface area (Å²) in [6, 6.07) is 0. The number of primary amides is 1. The standard InChI is InChI=1S/C3H5NO2Si/c1-2(7-6)3(4)5/h6H,1H2,(H2,4,5). The highest BCUT2D eigenvalue weighted by atomic mass is 28.2. The zero-order valence-corrected chi connectivity index (χ0v) is 4.64. The SMILES string of the molecule is C=C([Si]O)C(N)=O. The van der Waals surface area contributed by atoms with Gasteiger partial charge in [-0.15, -0.1) is 0 Å². The maximum absolute atomic E-state index is 9.90. The Morgan fingerprint density at radius 2 is 2.29 bits per heavy atom. The number of nitrogens with two attached hydrogens (primary N) is 1. The molecule has 0 saturated carbocycles. The first-order valence-corrected chi connectivity index (χ1v) is 2.52. The second-order valence-electron chi connectivity index (χ2n) is 0.955. The molecule has 1 amide bonds. The fourth-order valence-electron chi connectivity index (χ4n) is 0.0551. The van der Waals surface area contributed by atoms with Gasteiger partial charge in [-0.3, -0.25) is 4.79 Å².